The zero-order valence-electron chi connectivity index (χ0n) is 27.9. The molecule has 4 heterocycles. The van der Waals surface area contributed by atoms with Gasteiger partial charge in [0.1, 0.15) is 11.2 Å². The molecule has 8 rings (SSSR count). The number of hydrogen-bond acceptors (Lipinski definition) is 4. The molecule has 0 saturated heterocycles. The third-order valence-corrected chi connectivity index (χ3v) is 9.17. The Morgan fingerprint density at radius 2 is 0.821 bits per heavy atom. The van der Waals surface area contributed by atoms with E-state index in [0.717, 1.165) is 38.1 Å². The molecule has 0 atom stereocenters. The minimum Gasteiger partial charge on any atom is -0.513 e. The second kappa shape index (κ2) is 12.6. The number of para-hydroxylation sites is 2. The fraction of sp³-hybridized carbons (Fsp3) is 0.189. The standard InChI is InChI=1S/C37H18F12N4O2.Pt/c1-33(2,31-23(36(44,45)46)15-52(50-31)25-13-5-9-19-17-7-3-11-21(34(38,39)40)27(17)54-29(19)25)32-24(37(47,48)49)16-53(51-32)26-14-6-10-20-18-8-4-12-22(35(41,42)43)28(18)55-30(20)26;/h3-12,15-16H,1-2H3;/q-2;+2. The van der Waals surface area contributed by atoms with E-state index in [9.17, 15) is 52.7 Å². The fourth-order valence-electron chi connectivity index (χ4n) is 6.71. The monoisotopic (exact) mass is 973 g/mol. The van der Waals surface area contributed by atoms with Gasteiger partial charge < -0.3 is 8.83 Å². The maximum absolute atomic E-state index is 14.7. The molecule has 0 aliphatic rings. The molecule has 4 aromatic carbocycles. The summed E-state index contributed by atoms with van der Waals surface area (Å²) < 4.78 is 184. The molecular weight excluding hydrogens is 955 g/mol. The second-order valence-corrected chi connectivity index (χ2v) is 13.0. The van der Waals surface area contributed by atoms with Gasteiger partial charge in [-0.15, -0.1) is 0 Å². The average Bonchev–Trinajstić information content (AvgIpc) is 3.88. The van der Waals surface area contributed by atoms with Crippen molar-refractivity contribution in [1.29, 1.82) is 0 Å². The van der Waals surface area contributed by atoms with Crippen LogP contribution >= 0.6 is 0 Å². The van der Waals surface area contributed by atoms with Crippen LogP contribution < -0.4 is 0 Å². The first-order valence-corrected chi connectivity index (χ1v) is 15.8. The maximum atomic E-state index is 14.7. The molecule has 0 N–H and O–H groups in total. The van der Waals surface area contributed by atoms with Crippen molar-refractivity contribution in [3.05, 3.63) is 119 Å². The largest absolute Gasteiger partial charge is 2.00 e. The van der Waals surface area contributed by atoms with Crippen LogP contribution in [0.15, 0.2) is 81.9 Å². The van der Waals surface area contributed by atoms with Crippen LogP contribution in [0, 0.1) is 12.1 Å². The minimum absolute atomic E-state index is 0. The fourth-order valence-corrected chi connectivity index (χ4v) is 6.71. The third-order valence-electron chi connectivity index (χ3n) is 9.17. The number of nitrogens with zero attached hydrogens (tertiary/aromatic N) is 4. The normalized spacial score (nSPS) is 13.4. The van der Waals surface area contributed by atoms with Crippen molar-refractivity contribution < 1.29 is 82.6 Å². The Morgan fingerprint density at radius 1 is 0.482 bits per heavy atom. The number of alkyl halides is 12. The van der Waals surface area contributed by atoms with E-state index in [1.807, 2.05) is 0 Å². The number of aromatic nitrogens is 4. The minimum atomic E-state index is -5.24. The smallest absolute Gasteiger partial charge is 0.513 e. The van der Waals surface area contributed by atoms with Crippen molar-refractivity contribution in [2.75, 3.05) is 0 Å². The van der Waals surface area contributed by atoms with Gasteiger partial charge in [0, 0.05) is 34.3 Å². The molecule has 56 heavy (non-hydrogen) atoms. The summed E-state index contributed by atoms with van der Waals surface area (Å²) >= 11 is 0. The quantitative estimate of drug-likeness (QED) is 0.130. The summed E-state index contributed by atoms with van der Waals surface area (Å²) in [6, 6.07) is 16.7. The van der Waals surface area contributed by atoms with E-state index in [0.29, 0.717) is 21.8 Å². The van der Waals surface area contributed by atoms with Crippen molar-refractivity contribution in [3.63, 3.8) is 0 Å². The molecule has 0 radical (unpaired) electrons. The topological polar surface area (TPSA) is 61.9 Å². The summed E-state index contributed by atoms with van der Waals surface area (Å²) in [5.41, 5.74) is -12.2. The van der Waals surface area contributed by atoms with Crippen molar-refractivity contribution in [1.82, 2.24) is 19.6 Å². The third kappa shape index (κ3) is 6.12. The number of rotatable bonds is 4. The molecule has 6 nitrogen and oxygen atoms in total. The van der Waals surface area contributed by atoms with Crippen molar-refractivity contribution >= 4 is 43.9 Å². The number of halogens is 12. The summed E-state index contributed by atoms with van der Waals surface area (Å²) in [6.07, 6.45) is -19.3. The Kier molecular flexibility index (Phi) is 8.80. The van der Waals surface area contributed by atoms with Crippen LogP contribution in [-0.4, -0.2) is 19.6 Å². The van der Waals surface area contributed by atoms with Crippen LogP contribution in [0.4, 0.5) is 52.7 Å². The van der Waals surface area contributed by atoms with E-state index in [4.69, 9.17) is 8.83 Å². The summed E-state index contributed by atoms with van der Waals surface area (Å²) in [7, 11) is 0. The summed E-state index contributed by atoms with van der Waals surface area (Å²) in [6.45, 7) is 2.00. The second-order valence-electron chi connectivity index (χ2n) is 13.0. The van der Waals surface area contributed by atoms with E-state index in [-0.39, 0.29) is 65.2 Å². The van der Waals surface area contributed by atoms with Gasteiger partial charge >= 0.3 is 45.8 Å². The molecule has 8 aromatic rings. The summed E-state index contributed by atoms with van der Waals surface area (Å²) in [5, 5.41) is 8.17. The van der Waals surface area contributed by atoms with Crippen LogP contribution in [0.2, 0.25) is 0 Å². The summed E-state index contributed by atoms with van der Waals surface area (Å²) in [4.78, 5) is 0. The van der Waals surface area contributed by atoms with Gasteiger partial charge in [0.05, 0.1) is 39.1 Å². The van der Waals surface area contributed by atoms with Gasteiger partial charge in [-0.05, 0) is 37.4 Å². The Morgan fingerprint density at radius 3 is 1.16 bits per heavy atom. The van der Waals surface area contributed by atoms with Gasteiger partial charge in [0.15, 0.2) is 0 Å². The maximum Gasteiger partial charge on any atom is 2.00 e. The Hall–Kier alpha value is -5.25. The molecule has 4 aromatic heterocycles. The predicted molar refractivity (Wildman–Crippen MR) is 171 cm³/mol. The molecule has 292 valence electrons. The van der Waals surface area contributed by atoms with Gasteiger partial charge in [-0.25, -0.2) is 0 Å². The molecule has 0 amide bonds. The molecule has 19 heteroatoms. The van der Waals surface area contributed by atoms with E-state index >= 15 is 0 Å². The Labute approximate surface area is 319 Å². The Balaban J connectivity index is 0.00000480. The van der Waals surface area contributed by atoms with Gasteiger partial charge in [-0.1, -0.05) is 35.0 Å². The van der Waals surface area contributed by atoms with E-state index in [1.165, 1.54) is 36.4 Å². The first-order valence-electron chi connectivity index (χ1n) is 15.8. The van der Waals surface area contributed by atoms with Crippen molar-refractivity contribution in [2.45, 2.75) is 44.0 Å². The zero-order chi connectivity index (χ0) is 39.6. The first-order chi connectivity index (χ1) is 25.6. The molecule has 0 aliphatic carbocycles. The van der Waals surface area contributed by atoms with E-state index < -0.39 is 74.9 Å². The van der Waals surface area contributed by atoms with Crippen molar-refractivity contribution in [2.24, 2.45) is 0 Å². The number of benzene rings is 4. The van der Waals surface area contributed by atoms with Gasteiger partial charge in [-0.3, -0.25) is 9.36 Å². The molecule has 0 unspecified atom stereocenters. The van der Waals surface area contributed by atoms with Crippen LogP contribution in [0.3, 0.4) is 0 Å². The SMILES string of the molecule is CC(C)(c1nn(-c2[c-]ccc3c2oc2c(C(F)(F)F)cccc23)cc1C(F)(F)F)c1nn(-c2[c-]ccc3c2oc2c(C(F)(F)F)cccc23)cc1C(F)(F)F.[Pt+2]. The number of hydrogen-bond donors (Lipinski definition) is 0. The zero-order valence-corrected chi connectivity index (χ0v) is 30.2. The van der Waals surface area contributed by atoms with E-state index in [2.05, 4.69) is 22.3 Å². The van der Waals surface area contributed by atoms with Gasteiger partial charge in [0.25, 0.3) is 0 Å². The van der Waals surface area contributed by atoms with E-state index in [1.54, 1.807) is 0 Å². The number of furan rings is 2. The van der Waals surface area contributed by atoms with Crippen molar-refractivity contribution in [3.8, 4) is 11.4 Å². The van der Waals surface area contributed by atoms with Gasteiger partial charge in [0.2, 0.25) is 0 Å². The molecule has 0 bridgehead atoms. The summed E-state index contributed by atoms with van der Waals surface area (Å²) in [5.74, 6) is 0. The molecule has 0 aliphatic heterocycles. The molecule has 0 fully saturated rings. The predicted octanol–water partition coefficient (Wildman–Crippen LogP) is 11.9. The molecular formula is C37H18F12N4O2Pt. The van der Waals surface area contributed by atoms with Crippen LogP contribution in [-0.2, 0) is 51.2 Å². The van der Waals surface area contributed by atoms with Crippen LogP contribution in [0.1, 0.15) is 47.5 Å². The number of fused-ring (bicyclic) bond motifs is 6. The van der Waals surface area contributed by atoms with Crippen LogP contribution in [0.5, 0.6) is 0 Å². The van der Waals surface area contributed by atoms with Crippen LogP contribution in [0.25, 0.3) is 55.3 Å². The Bertz CT molecular complexity index is 2630. The molecule has 0 spiro atoms. The van der Waals surface area contributed by atoms with Gasteiger partial charge in [-0.2, -0.15) is 99.3 Å². The molecule has 0 saturated carbocycles. The first kappa shape index (κ1) is 39.0. The average molecular weight is 974 g/mol.